The Morgan fingerprint density at radius 3 is 3.09 bits per heavy atom. The number of carbonyl (C=O) groups is 1. The summed E-state index contributed by atoms with van der Waals surface area (Å²) in [6.07, 6.45) is 2.71. The number of nitrogens with one attached hydrogen (secondary N) is 2. The number of hydrogen-bond donors (Lipinski definition) is 2. The molecule has 1 fully saturated rings. The Morgan fingerprint density at radius 1 is 1.43 bits per heavy atom. The van der Waals surface area contributed by atoms with Crippen LogP contribution in [-0.4, -0.2) is 30.5 Å². The number of thiazole rings is 1. The van der Waals surface area contributed by atoms with Gasteiger partial charge in [-0.3, -0.25) is 4.79 Å². The summed E-state index contributed by atoms with van der Waals surface area (Å²) in [7, 11) is 0. The lowest BCUT2D eigenvalue weighted by atomic mass is 10.00. The third-order valence-corrected chi connectivity index (χ3v) is 4.88. The summed E-state index contributed by atoms with van der Waals surface area (Å²) in [5, 5.41) is 8.77. The van der Waals surface area contributed by atoms with Crippen molar-refractivity contribution in [1.82, 2.24) is 15.6 Å². The van der Waals surface area contributed by atoms with Crippen LogP contribution in [0.1, 0.15) is 33.9 Å². The molecule has 0 aliphatic carbocycles. The van der Waals surface area contributed by atoms with Gasteiger partial charge in [-0.05, 0) is 43.5 Å². The maximum absolute atomic E-state index is 13.7. The SMILES string of the molecule is O=C(NCC1CCCNC1)c1csc(Cc2ccccc2F)n1. The average Bonchev–Trinajstić information content (AvgIpc) is 3.04. The molecule has 6 heteroatoms. The van der Waals surface area contributed by atoms with E-state index in [0.717, 1.165) is 30.9 Å². The minimum atomic E-state index is -0.237. The molecule has 1 atom stereocenters. The molecule has 1 saturated heterocycles. The number of benzene rings is 1. The van der Waals surface area contributed by atoms with Crippen LogP contribution in [0.25, 0.3) is 0 Å². The second-order valence-corrected chi connectivity index (χ2v) is 6.76. The van der Waals surface area contributed by atoms with Gasteiger partial charge in [0, 0.05) is 18.3 Å². The highest BCUT2D eigenvalue weighted by molar-refractivity contribution is 7.09. The predicted octanol–water partition coefficient (Wildman–Crippen LogP) is 2.60. The average molecular weight is 333 g/mol. The summed E-state index contributed by atoms with van der Waals surface area (Å²) in [5.74, 6) is 0.106. The fourth-order valence-electron chi connectivity index (χ4n) is 2.73. The zero-order valence-corrected chi connectivity index (χ0v) is 13.7. The Bertz CT molecular complexity index is 667. The summed E-state index contributed by atoms with van der Waals surface area (Å²) >= 11 is 1.39. The fourth-order valence-corrected chi connectivity index (χ4v) is 3.52. The lowest BCUT2D eigenvalue weighted by Gasteiger charge is -2.22. The van der Waals surface area contributed by atoms with Crippen molar-refractivity contribution in [3.05, 3.63) is 51.7 Å². The van der Waals surface area contributed by atoms with Crippen molar-refractivity contribution in [1.29, 1.82) is 0 Å². The number of nitrogens with zero attached hydrogens (tertiary/aromatic N) is 1. The molecule has 23 heavy (non-hydrogen) atoms. The largest absolute Gasteiger partial charge is 0.350 e. The van der Waals surface area contributed by atoms with Gasteiger partial charge in [-0.25, -0.2) is 9.37 Å². The second-order valence-electron chi connectivity index (χ2n) is 5.82. The standard InChI is InChI=1S/C17H20FN3OS/c18-14-6-2-1-5-13(14)8-16-21-15(11-23-16)17(22)20-10-12-4-3-7-19-9-12/h1-2,5-6,11-12,19H,3-4,7-10H2,(H,20,22). The zero-order chi connectivity index (χ0) is 16.1. The monoisotopic (exact) mass is 333 g/mol. The Kier molecular flexibility index (Phi) is 5.35. The molecule has 0 spiro atoms. The molecule has 3 rings (SSSR count). The summed E-state index contributed by atoms with van der Waals surface area (Å²) < 4.78 is 13.7. The first kappa shape index (κ1) is 16.1. The molecule has 1 unspecified atom stereocenters. The number of hydrogen-bond acceptors (Lipinski definition) is 4. The van der Waals surface area contributed by atoms with Gasteiger partial charge in [0.15, 0.2) is 0 Å². The Labute approximate surface area is 139 Å². The molecule has 4 nitrogen and oxygen atoms in total. The van der Waals surface area contributed by atoms with E-state index < -0.39 is 0 Å². The maximum Gasteiger partial charge on any atom is 0.270 e. The van der Waals surface area contributed by atoms with Gasteiger partial charge in [-0.2, -0.15) is 0 Å². The summed E-state index contributed by atoms with van der Waals surface area (Å²) in [4.78, 5) is 16.5. The number of piperidine rings is 1. The summed E-state index contributed by atoms with van der Waals surface area (Å²) in [6, 6.07) is 6.65. The van der Waals surface area contributed by atoms with Gasteiger partial charge in [0.05, 0.1) is 5.01 Å². The molecule has 0 bridgehead atoms. The van der Waals surface area contributed by atoms with Crippen molar-refractivity contribution in [3.63, 3.8) is 0 Å². The first-order valence-corrected chi connectivity index (χ1v) is 8.77. The first-order chi connectivity index (χ1) is 11.2. The minimum absolute atomic E-state index is 0.147. The van der Waals surface area contributed by atoms with E-state index in [9.17, 15) is 9.18 Å². The van der Waals surface area contributed by atoms with Crippen molar-refractivity contribution in [3.8, 4) is 0 Å². The topological polar surface area (TPSA) is 54.0 Å². The Balaban J connectivity index is 1.55. The van der Waals surface area contributed by atoms with Crippen molar-refractivity contribution < 1.29 is 9.18 Å². The number of carbonyl (C=O) groups excluding carboxylic acids is 1. The van der Waals surface area contributed by atoms with E-state index in [4.69, 9.17) is 0 Å². The lowest BCUT2D eigenvalue weighted by Crippen LogP contribution is -2.38. The zero-order valence-electron chi connectivity index (χ0n) is 12.8. The van der Waals surface area contributed by atoms with Gasteiger partial charge in [-0.1, -0.05) is 18.2 Å². The lowest BCUT2D eigenvalue weighted by molar-refractivity contribution is 0.0940. The van der Waals surface area contributed by atoms with Crippen LogP contribution in [0.15, 0.2) is 29.6 Å². The molecule has 1 aromatic heterocycles. The molecule has 0 radical (unpaired) electrons. The van der Waals surface area contributed by atoms with Gasteiger partial charge in [0.25, 0.3) is 5.91 Å². The highest BCUT2D eigenvalue weighted by Gasteiger charge is 2.16. The molecule has 1 aliphatic rings. The predicted molar refractivity (Wildman–Crippen MR) is 89.2 cm³/mol. The smallest absolute Gasteiger partial charge is 0.270 e. The van der Waals surface area contributed by atoms with Gasteiger partial charge < -0.3 is 10.6 Å². The van der Waals surface area contributed by atoms with Gasteiger partial charge in [0.2, 0.25) is 0 Å². The fraction of sp³-hybridized carbons (Fsp3) is 0.412. The van der Waals surface area contributed by atoms with Crippen molar-refractivity contribution in [2.75, 3.05) is 19.6 Å². The maximum atomic E-state index is 13.7. The van der Waals surface area contributed by atoms with Gasteiger partial charge in [0.1, 0.15) is 11.5 Å². The Hall–Kier alpha value is -1.79. The number of rotatable bonds is 5. The van der Waals surface area contributed by atoms with Crippen molar-refractivity contribution in [2.45, 2.75) is 19.3 Å². The molecule has 2 N–H and O–H groups in total. The molecule has 122 valence electrons. The number of aromatic nitrogens is 1. The Morgan fingerprint density at radius 2 is 2.30 bits per heavy atom. The van der Waals surface area contributed by atoms with E-state index in [1.807, 2.05) is 0 Å². The molecule has 1 aliphatic heterocycles. The van der Waals surface area contributed by atoms with Gasteiger partial charge >= 0.3 is 0 Å². The highest BCUT2D eigenvalue weighted by Crippen LogP contribution is 2.17. The molecule has 1 amide bonds. The molecular formula is C17H20FN3OS. The van der Waals surface area contributed by atoms with E-state index in [1.54, 1.807) is 23.6 Å². The van der Waals surface area contributed by atoms with E-state index >= 15 is 0 Å². The van der Waals surface area contributed by atoms with E-state index in [1.165, 1.54) is 17.4 Å². The minimum Gasteiger partial charge on any atom is -0.350 e. The quantitative estimate of drug-likeness (QED) is 0.884. The van der Waals surface area contributed by atoms with E-state index in [2.05, 4.69) is 15.6 Å². The van der Waals surface area contributed by atoms with Crippen LogP contribution in [-0.2, 0) is 6.42 Å². The molecular weight excluding hydrogens is 313 g/mol. The third kappa shape index (κ3) is 4.36. The summed E-state index contributed by atoms with van der Waals surface area (Å²) in [6.45, 7) is 2.69. The normalized spacial score (nSPS) is 17.9. The molecule has 2 heterocycles. The molecule has 1 aromatic carbocycles. The van der Waals surface area contributed by atoms with E-state index in [0.29, 0.717) is 30.1 Å². The van der Waals surface area contributed by atoms with Crippen LogP contribution < -0.4 is 10.6 Å². The first-order valence-electron chi connectivity index (χ1n) is 7.89. The van der Waals surface area contributed by atoms with Crippen LogP contribution in [0, 0.1) is 11.7 Å². The molecule has 2 aromatic rings. The number of halogens is 1. The van der Waals surface area contributed by atoms with Crippen LogP contribution in [0.3, 0.4) is 0 Å². The van der Waals surface area contributed by atoms with Crippen molar-refractivity contribution >= 4 is 17.2 Å². The van der Waals surface area contributed by atoms with Gasteiger partial charge in [-0.15, -0.1) is 11.3 Å². The van der Waals surface area contributed by atoms with Crippen LogP contribution in [0.2, 0.25) is 0 Å². The summed E-state index contributed by atoms with van der Waals surface area (Å²) in [5.41, 5.74) is 1.02. The van der Waals surface area contributed by atoms with Crippen LogP contribution >= 0.6 is 11.3 Å². The van der Waals surface area contributed by atoms with Crippen LogP contribution in [0.5, 0.6) is 0 Å². The number of amides is 1. The van der Waals surface area contributed by atoms with E-state index in [-0.39, 0.29) is 11.7 Å². The van der Waals surface area contributed by atoms with Crippen LogP contribution in [0.4, 0.5) is 4.39 Å². The van der Waals surface area contributed by atoms with Crippen molar-refractivity contribution in [2.24, 2.45) is 5.92 Å². The highest BCUT2D eigenvalue weighted by atomic mass is 32.1. The third-order valence-electron chi connectivity index (χ3n) is 4.03. The molecule has 0 saturated carbocycles. The second kappa shape index (κ2) is 7.66.